The highest BCUT2D eigenvalue weighted by atomic mass is 16.4. The topological polar surface area (TPSA) is 69.6 Å². The number of carbonyl (C=O) groups is 2. The lowest BCUT2D eigenvalue weighted by molar-refractivity contribution is 0.0697. The van der Waals surface area contributed by atoms with Crippen LogP contribution in [0.15, 0.2) is 60.7 Å². The summed E-state index contributed by atoms with van der Waals surface area (Å²) in [5.74, 6) is -0.957. The van der Waals surface area contributed by atoms with Gasteiger partial charge in [-0.3, -0.25) is 0 Å². The number of hydrogen-bond acceptors (Lipinski definition) is 2. The number of carbonyl (C=O) groups excluding carboxylic acids is 1. The SMILES string of the molecule is O=C(O)c1ccc(CNC(=O)N2Cc3cccc4cccc(c34)C2)cc1. The quantitative estimate of drug-likeness (QED) is 0.758. The number of carboxylic acid groups (broad SMARTS) is 1. The third-order valence-electron chi connectivity index (χ3n) is 4.73. The molecule has 0 saturated heterocycles. The summed E-state index contributed by atoms with van der Waals surface area (Å²) in [6.07, 6.45) is 0. The van der Waals surface area contributed by atoms with Crippen molar-refractivity contribution in [3.63, 3.8) is 0 Å². The number of urea groups is 1. The number of nitrogens with zero attached hydrogens (tertiary/aromatic N) is 1. The summed E-state index contributed by atoms with van der Waals surface area (Å²) in [6, 6.07) is 18.8. The zero-order valence-corrected chi connectivity index (χ0v) is 14.1. The fourth-order valence-electron chi connectivity index (χ4n) is 3.43. The second-order valence-corrected chi connectivity index (χ2v) is 6.45. The lowest BCUT2D eigenvalue weighted by atomic mass is 9.95. The molecular weight excluding hydrogens is 328 g/mol. The van der Waals surface area contributed by atoms with Crippen molar-refractivity contribution in [2.75, 3.05) is 0 Å². The van der Waals surface area contributed by atoms with Crippen LogP contribution in [0.1, 0.15) is 27.0 Å². The minimum absolute atomic E-state index is 0.126. The van der Waals surface area contributed by atoms with E-state index in [-0.39, 0.29) is 11.6 Å². The van der Waals surface area contributed by atoms with Gasteiger partial charge in [0, 0.05) is 19.6 Å². The first-order valence-corrected chi connectivity index (χ1v) is 8.46. The molecule has 3 aromatic rings. The molecule has 0 aliphatic carbocycles. The van der Waals surface area contributed by atoms with Crippen LogP contribution in [0.2, 0.25) is 0 Å². The zero-order chi connectivity index (χ0) is 18.1. The van der Waals surface area contributed by atoms with E-state index in [9.17, 15) is 9.59 Å². The lowest BCUT2D eigenvalue weighted by Crippen LogP contribution is -2.40. The van der Waals surface area contributed by atoms with Crippen LogP contribution in [0, 0.1) is 0 Å². The van der Waals surface area contributed by atoms with Gasteiger partial charge in [-0.15, -0.1) is 0 Å². The Morgan fingerprint density at radius 1 is 0.923 bits per heavy atom. The fraction of sp³-hybridized carbons (Fsp3) is 0.143. The van der Waals surface area contributed by atoms with Crippen molar-refractivity contribution in [1.29, 1.82) is 0 Å². The summed E-state index contributed by atoms with van der Waals surface area (Å²) < 4.78 is 0. The van der Waals surface area contributed by atoms with Crippen molar-refractivity contribution in [3.05, 3.63) is 82.9 Å². The average molecular weight is 346 g/mol. The Morgan fingerprint density at radius 2 is 1.54 bits per heavy atom. The first-order valence-electron chi connectivity index (χ1n) is 8.46. The third-order valence-corrected chi connectivity index (χ3v) is 4.73. The molecule has 1 aliphatic heterocycles. The van der Waals surface area contributed by atoms with Crippen LogP contribution in [0.3, 0.4) is 0 Å². The molecule has 0 atom stereocenters. The Labute approximate surface area is 150 Å². The number of amides is 2. The van der Waals surface area contributed by atoms with Gasteiger partial charge in [0.25, 0.3) is 0 Å². The van der Waals surface area contributed by atoms with Crippen LogP contribution < -0.4 is 5.32 Å². The van der Waals surface area contributed by atoms with Crippen molar-refractivity contribution in [1.82, 2.24) is 10.2 Å². The van der Waals surface area contributed by atoms with E-state index >= 15 is 0 Å². The molecule has 0 radical (unpaired) electrons. The van der Waals surface area contributed by atoms with E-state index < -0.39 is 5.97 Å². The molecule has 5 nitrogen and oxygen atoms in total. The first-order chi connectivity index (χ1) is 12.6. The maximum Gasteiger partial charge on any atom is 0.335 e. The van der Waals surface area contributed by atoms with Gasteiger partial charge in [-0.25, -0.2) is 9.59 Å². The van der Waals surface area contributed by atoms with Crippen LogP contribution >= 0.6 is 0 Å². The number of aromatic carboxylic acids is 1. The van der Waals surface area contributed by atoms with E-state index in [1.165, 1.54) is 10.8 Å². The van der Waals surface area contributed by atoms with Gasteiger partial charge in [-0.2, -0.15) is 0 Å². The molecular formula is C21H18N2O3. The van der Waals surface area contributed by atoms with Gasteiger partial charge in [-0.05, 0) is 39.6 Å². The standard InChI is InChI=1S/C21H18N2O3/c24-20(25)16-9-7-14(8-10-16)11-22-21(26)23-12-17-5-1-3-15-4-2-6-18(13-23)19(15)17/h1-10H,11-13H2,(H,22,26)(H,24,25). The molecule has 1 aliphatic rings. The van der Waals surface area contributed by atoms with Crippen LogP contribution in [-0.2, 0) is 19.6 Å². The minimum atomic E-state index is -0.957. The van der Waals surface area contributed by atoms with Gasteiger partial charge in [0.2, 0.25) is 0 Å². The van der Waals surface area contributed by atoms with Crippen LogP contribution in [-0.4, -0.2) is 22.0 Å². The Bertz CT molecular complexity index is 955. The van der Waals surface area contributed by atoms with Gasteiger partial charge in [-0.1, -0.05) is 48.5 Å². The molecule has 26 heavy (non-hydrogen) atoms. The second kappa shape index (κ2) is 6.52. The summed E-state index contributed by atoms with van der Waals surface area (Å²) in [7, 11) is 0. The fourth-order valence-corrected chi connectivity index (χ4v) is 3.43. The molecule has 1 heterocycles. The summed E-state index contributed by atoms with van der Waals surface area (Å²) in [6.45, 7) is 1.53. The van der Waals surface area contributed by atoms with Gasteiger partial charge >= 0.3 is 12.0 Å². The Kier molecular flexibility index (Phi) is 4.05. The number of rotatable bonds is 3. The van der Waals surface area contributed by atoms with E-state index in [4.69, 9.17) is 5.11 Å². The zero-order valence-electron chi connectivity index (χ0n) is 14.1. The lowest BCUT2D eigenvalue weighted by Gasteiger charge is -2.29. The molecule has 0 saturated carbocycles. The van der Waals surface area contributed by atoms with Gasteiger partial charge in [0.05, 0.1) is 5.56 Å². The largest absolute Gasteiger partial charge is 0.478 e. The summed E-state index contributed by atoms with van der Waals surface area (Å²) >= 11 is 0. The van der Waals surface area contributed by atoms with E-state index in [0.29, 0.717) is 19.6 Å². The first kappa shape index (κ1) is 16.1. The van der Waals surface area contributed by atoms with Crippen molar-refractivity contribution in [2.24, 2.45) is 0 Å². The summed E-state index contributed by atoms with van der Waals surface area (Å²) in [5, 5.41) is 14.3. The number of nitrogens with one attached hydrogen (secondary N) is 1. The Morgan fingerprint density at radius 3 is 2.12 bits per heavy atom. The predicted molar refractivity (Wildman–Crippen MR) is 98.8 cm³/mol. The van der Waals surface area contributed by atoms with Gasteiger partial charge in [0.15, 0.2) is 0 Å². The molecule has 4 rings (SSSR count). The minimum Gasteiger partial charge on any atom is -0.478 e. The van der Waals surface area contributed by atoms with E-state index in [2.05, 4.69) is 29.6 Å². The average Bonchev–Trinajstić information content (AvgIpc) is 2.66. The third kappa shape index (κ3) is 2.99. The smallest absolute Gasteiger partial charge is 0.335 e. The molecule has 0 fully saturated rings. The highest BCUT2D eigenvalue weighted by Gasteiger charge is 2.21. The summed E-state index contributed by atoms with van der Waals surface area (Å²) in [4.78, 5) is 25.3. The number of carboxylic acids is 1. The van der Waals surface area contributed by atoms with Crippen molar-refractivity contribution in [3.8, 4) is 0 Å². The highest BCUT2D eigenvalue weighted by Crippen LogP contribution is 2.29. The molecule has 130 valence electrons. The van der Waals surface area contributed by atoms with Crippen molar-refractivity contribution < 1.29 is 14.7 Å². The molecule has 2 amide bonds. The van der Waals surface area contributed by atoms with Crippen LogP contribution in [0.4, 0.5) is 4.79 Å². The van der Waals surface area contributed by atoms with Gasteiger partial charge < -0.3 is 15.3 Å². The number of hydrogen-bond donors (Lipinski definition) is 2. The Balaban J connectivity index is 1.45. The maximum absolute atomic E-state index is 12.6. The van der Waals surface area contributed by atoms with E-state index in [0.717, 1.165) is 16.7 Å². The monoisotopic (exact) mass is 346 g/mol. The van der Waals surface area contributed by atoms with Crippen molar-refractivity contribution in [2.45, 2.75) is 19.6 Å². The molecule has 0 bridgehead atoms. The molecule has 0 spiro atoms. The van der Waals surface area contributed by atoms with E-state index in [1.807, 2.05) is 12.1 Å². The molecule has 0 aromatic heterocycles. The molecule has 2 N–H and O–H groups in total. The Hall–Kier alpha value is -3.34. The van der Waals surface area contributed by atoms with Crippen molar-refractivity contribution >= 4 is 22.8 Å². The molecule has 3 aromatic carbocycles. The van der Waals surface area contributed by atoms with Crippen LogP contribution in [0.25, 0.3) is 10.8 Å². The van der Waals surface area contributed by atoms with E-state index in [1.54, 1.807) is 29.2 Å². The molecule has 0 unspecified atom stereocenters. The summed E-state index contributed by atoms with van der Waals surface area (Å²) in [5.41, 5.74) is 3.42. The maximum atomic E-state index is 12.6. The molecule has 5 heteroatoms. The number of benzene rings is 3. The highest BCUT2D eigenvalue weighted by molar-refractivity contribution is 5.90. The second-order valence-electron chi connectivity index (χ2n) is 6.45. The van der Waals surface area contributed by atoms with Gasteiger partial charge in [0.1, 0.15) is 0 Å². The predicted octanol–water partition coefficient (Wildman–Crippen LogP) is 3.76. The normalized spacial score (nSPS) is 12.8. The van der Waals surface area contributed by atoms with Crippen LogP contribution in [0.5, 0.6) is 0 Å².